The summed E-state index contributed by atoms with van der Waals surface area (Å²) in [7, 11) is 0. The molecule has 116 valence electrons. The van der Waals surface area contributed by atoms with Crippen LogP contribution in [-0.2, 0) is 0 Å². The molecule has 0 saturated carbocycles. The van der Waals surface area contributed by atoms with Crippen molar-refractivity contribution in [2.45, 2.75) is 19.8 Å². The highest BCUT2D eigenvalue weighted by atomic mass is 16.5. The lowest BCUT2D eigenvalue weighted by atomic mass is 10.2. The van der Waals surface area contributed by atoms with Gasteiger partial charge in [-0.15, -0.1) is 0 Å². The minimum Gasteiger partial charge on any atom is -0.494 e. The first-order valence-electron chi connectivity index (χ1n) is 7.31. The van der Waals surface area contributed by atoms with Crippen molar-refractivity contribution in [2.75, 3.05) is 13.2 Å². The highest BCUT2D eigenvalue weighted by Crippen LogP contribution is 2.18. The van der Waals surface area contributed by atoms with Crippen molar-refractivity contribution in [1.29, 1.82) is 0 Å². The SMILES string of the molecule is Cc1ccc(OCCCCOc2ccccc2C(=O)O)cc1. The van der Waals surface area contributed by atoms with Gasteiger partial charge in [0, 0.05) is 0 Å². The van der Waals surface area contributed by atoms with Gasteiger partial charge in [0.2, 0.25) is 0 Å². The van der Waals surface area contributed by atoms with E-state index in [1.165, 1.54) is 11.6 Å². The molecule has 0 aromatic heterocycles. The van der Waals surface area contributed by atoms with Crippen molar-refractivity contribution in [3.05, 3.63) is 59.7 Å². The van der Waals surface area contributed by atoms with E-state index in [9.17, 15) is 4.79 Å². The molecule has 2 aromatic carbocycles. The second kappa shape index (κ2) is 8.08. The topological polar surface area (TPSA) is 55.8 Å². The first kappa shape index (κ1) is 15.9. The molecule has 0 spiro atoms. The van der Waals surface area contributed by atoms with Crippen molar-refractivity contribution in [3.63, 3.8) is 0 Å². The summed E-state index contributed by atoms with van der Waals surface area (Å²) in [4.78, 5) is 11.0. The quantitative estimate of drug-likeness (QED) is 0.750. The van der Waals surface area contributed by atoms with Gasteiger partial charge in [0.15, 0.2) is 0 Å². The van der Waals surface area contributed by atoms with Crippen LogP contribution < -0.4 is 9.47 Å². The molecular formula is C18H20O4. The Bertz CT molecular complexity index is 605. The van der Waals surface area contributed by atoms with Crippen molar-refractivity contribution in [1.82, 2.24) is 0 Å². The molecule has 0 amide bonds. The van der Waals surface area contributed by atoms with Gasteiger partial charge in [-0.2, -0.15) is 0 Å². The maximum atomic E-state index is 11.0. The summed E-state index contributed by atoms with van der Waals surface area (Å²) in [6.45, 7) is 3.13. The number of hydrogen-bond acceptors (Lipinski definition) is 3. The lowest BCUT2D eigenvalue weighted by molar-refractivity contribution is 0.0692. The van der Waals surface area contributed by atoms with Crippen LogP contribution in [0.2, 0.25) is 0 Å². The summed E-state index contributed by atoms with van der Waals surface area (Å²) in [5.74, 6) is 0.301. The second-order valence-electron chi connectivity index (χ2n) is 5.02. The van der Waals surface area contributed by atoms with Crippen molar-refractivity contribution < 1.29 is 19.4 Å². The van der Waals surface area contributed by atoms with Gasteiger partial charge in [-0.3, -0.25) is 0 Å². The standard InChI is InChI=1S/C18H20O4/c1-14-8-10-15(11-9-14)21-12-4-5-13-22-17-7-3-2-6-16(17)18(19)20/h2-3,6-11H,4-5,12-13H2,1H3,(H,19,20). The number of benzene rings is 2. The third-order valence-corrected chi connectivity index (χ3v) is 3.20. The van der Waals surface area contributed by atoms with E-state index in [2.05, 4.69) is 0 Å². The number of para-hydroxylation sites is 1. The smallest absolute Gasteiger partial charge is 0.339 e. The van der Waals surface area contributed by atoms with Crippen LogP contribution in [0.5, 0.6) is 11.5 Å². The number of carbonyl (C=O) groups is 1. The molecule has 2 rings (SSSR count). The number of ether oxygens (including phenoxy) is 2. The molecule has 0 saturated heterocycles. The Morgan fingerprint density at radius 2 is 1.59 bits per heavy atom. The fourth-order valence-corrected chi connectivity index (χ4v) is 1.98. The van der Waals surface area contributed by atoms with Crippen LogP contribution in [0.25, 0.3) is 0 Å². The van der Waals surface area contributed by atoms with E-state index >= 15 is 0 Å². The fourth-order valence-electron chi connectivity index (χ4n) is 1.98. The van der Waals surface area contributed by atoms with Gasteiger partial charge >= 0.3 is 5.97 Å². The van der Waals surface area contributed by atoms with Crippen LogP contribution in [0.3, 0.4) is 0 Å². The molecular weight excluding hydrogens is 280 g/mol. The van der Waals surface area contributed by atoms with E-state index in [1.807, 2.05) is 31.2 Å². The van der Waals surface area contributed by atoms with Crippen LogP contribution in [-0.4, -0.2) is 24.3 Å². The molecule has 0 fully saturated rings. The van der Waals surface area contributed by atoms with Gasteiger partial charge in [0.1, 0.15) is 17.1 Å². The molecule has 0 heterocycles. The maximum absolute atomic E-state index is 11.0. The van der Waals surface area contributed by atoms with E-state index in [0.717, 1.165) is 18.6 Å². The van der Waals surface area contributed by atoms with Crippen LogP contribution in [0.1, 0.15) is 28.8 Å². The Kier molecular flexibility index (Phi) is 5.83. The predicted molar refractivity (Wildman–Crippen MR) is 84.8 cm³/mol. The fraction of sp³-hybridized carbons (Fsp3) is 0.278. The largest absolute Gasteiger partial charge is 0.494 e. The molecule has 1 N–H and O–H groups in total. The normalized spacial score (nSPS) is 10.2. The molecule has 0 atom stereocenters. The number of aryl methyl sites for hydroxylation is 1. The molecule has 0 bridgehead atoms. The molecule has 2 aromatic rings. The number of unbranched alkanes of at least 4 members (excludes halogenated alkanes) is 1. The third kappa shape index (κ3) is 4.81. The molecule has 4 nitrogen and oxygen atoms in total. The second-order valence-corrected chi connectivity index (χ2v) is 5.02. The third-order valence-electron chi connectivity index (χ3n) is 3.20. The lowest BCUT2D eigenvalue weighted by Gasteiger charge is -2.09. The minimum absolute atomic E-state index is 0.193. The Labute approximate surface area is 130 Å². The summed E-state index contributed by atoms with van der Waals surface area (Å²) in [5.41, 5.74) is 1.40. The predicted octanol–water partition coefficient (Wildman–Crippen LogP) is 3.93. The Balaban J connectivity index is 1.67. The minimum atomic E-state index is -0.974. The molecule has 0 unspecified atom stereocenters. The zero-order valence-corrected chi connectivity index (χ0v) is 12.6. The summed E-state index contributed by atoms with van der Waals surface area (Å²) >= 11 is 0. The van der Waals surface area contributed by atoms with Crippen molar-refractivity contribution in [2.24, 2.45) is 0 Å². The molecule has 0 radical (unpaired) electrons. The van der Waals surface area contributed by atoms with E-state index in [1.54, 1.807) is 18.2 Å². The zero-order chi connectivity index (χ0) is 15.8. The van der Waals surface area contributed by atoms with Crippen LogP contribution >= 0.6 is 0 Å². The van der Waals surface area contributed by atoms with Gasteiger partial charge in [-0.25, -0.2) is 4.79 Å². The number of carboxylic acid groups (broad SMARTS) is 1. The highest BCUT2D eigenvalue weighted by Gasteiger charge is 2.09. The summed E-state index contributed by atoms with van der Waals surface area (Å²) < 4.78 is 11.2. The highest BCUT2D eigenvalue weighted by molar-refractivity contribution is 5.90. The molecule has 0 aliphatic heterocycles. The van der Waals surface area contributed by atoms with E-state index in [-0.39, 0.29) is 5.56 Å². The van der Waals surface area contributed by atoms with Crippen LogP contribution in [0.4, 0.5) is 0 Å². The van der Waals surface area contributed by atoms with E-state index in [0.29, 0.717) is 19.0 Å². The first-order valence-corrected chi connectivity index (χ1v) is 7.31. The number of rotatable bonds is 8. The lowest BCUT2D eigenvalue weighted by Crippen LogP contribution is -2.06. The molecule has 22 heavy (non-hydrogen) atoms. The molecule has 0 aliphatic rings. The van der Waals surface area contributed by atoms with Crippen LogP contribution in [0, 0.1) is 6.92 Å². The van der Waals surface area contributed by atoms with Crippen molar-refractivity contribution >= 4 is 5.97 Å². The number of carboxylic acids is 1. The zero-order valence-electron chi connectivity index (χ0n) is 12.6. The summed E-state index contributed by atoms with van der Waals surface area (Å²) in [5, 5.41) is 9.05. The van der Waals surface area contributed by atoms with Gasteiger partial charge < -0.3 is 14.6 Å². The summed E-state index contributed by atoms with van der Waals surface area (Å²) in [6, 6.07) is 14.6. The maximum Gasteiger partial charge on any atom is 0.339 e. The Morgan fingerprint density at radius 1 is 0.955 bits per heavy atom. The number of aromatic carboxylic acids is 1. The van der Waals surface area contributed by atoms with Crippen molar-refractivity contribution in [3.8, 4) is 11.5 Å². The molecule has 4 heteroatoms. The number of hydrogen-bond donors (Lipinski definition) is 1. The monoisotopic (exact) mass is 300 g/mol. The molecule has 0 aliphatic carbocycles. The first-order chi connectivity index (χ1) is 10.7. The summed E-state index contributed by atoms with van der Waals surface area (Å²) in [6.07, 6.45) is 1.66. The Morgan fingerprint density at radius 3 is 2.27 bits per heavy atom. The Hall–Kier alpha value is -2.49. The average Bonchev–Trinajstić information content (AvgIpc) is 2.52. The average molecular weight is 300 g/mol. The van der Waals surface area contributed by atoms with Gasteiger partial charge in [-0.05, 0) is 44.0 Å². The van der Waals surface area contributed by atoms with Gasteiger partial charge in [0.05, 0.1) is 13.2 Å². The van der Waals surface area contributed by atoms with E-state index < -0.39 is 5.97 Å². The van der Waals surface area contributed by atoms with E-state index in [4.69, 9.17) is 14.6 Å². The van der Waals surface area contributed by atoms with Crippen LogP contribution in [0.15, 0.2) is 48.5 Å². The van der Waals surface area contributed by atoms with Gasteiger partial charge in [0.25, 0.3) is 0 Å². The van der Waals surface area contributed by atoms with Gasteiger partial charge in [-0.1, -0.05) is 29.8 Å².